The number of hydrogen-bond acceptors (Lipinski definition) is 6. The zero-order chi connectivity index (χ0) is 13.3. The Morgan fingerprint density at radius 2 is 2.21 bits per heavy atom. The number of aromatic nitrogens is 1. The van der Waals surface area contributed by atoms with Crippen LogP contribution in [-0.2, 0) is 4.79 Å². The molecular weight excluding hydrogens is 290 g/mol. The van der Waals surface area contributed by atoms with Crippen LogP contribution in [0.2, 0.25) is 0 Å². The van der Waals surface area contributed by atoms with Crippen molar-refractivity contribution in [2.75, 3.05) is 5.32 Å². The molecule has 1 atom stereocenters. The van der Waals surface area contributed by atoms with Crippen molar-refractivity contribution in [3.05, 3.63) is 18.5 Å². The summed E-state index contributed by atoms with van der Waals surface area (Å²) in [4.78, 5) is 18.9. The van der Waals surface area contributed by atoms with Crippen LogP contribution in [0.5, 0.6) is 5.75 Å². The first-order valence-corrected chi connectivity index (χ1v) is 6.11. The number of nitrogens with zero attached hydrogens (tertiary/aromatic N) is 2. The van der Waals surface area contributed by atoms with Crippen molar-refractivity contribution in [2.45, 2.75) is 24.6 Å². The van der Waals surface area contributed by atoms with Crippen molar-refractivity contribution in [2.24, 2.45) is 4.99 Å². The third-order valence-electron chi connectivity index (χ3n) is 2.54. The molecular formula is C11H14ClN3O3S. The lowest BCUT2D eigenvalue weighted by Gasteiger charge is -2.20. The van der Waals surface area contributed by atoms with Crippen LogP contribution < -0.4 is 5.32 Å². The smallest absolute Gasteiger partial charge is 0.329 e. The summed E-state index contributed by atoms with van der Waals surface area (Å²) in [5.41, 5.74) is 0.457. The topological polar surface area (TPSA) is 94.8 Å². The molecule has 0 spiro atoms. The molecule has 8 heteroatoms. The summed E-state index contributed by atoms with van der Waals surface area (Å²) in [7, 11) is 0. The van der Waals surface area contributed by atoms with E-state index >= 15 is 0 Å². The van der Waals surface area contributed by atoms with Crippen LogP contribution >= 0.6 is 24.2 Å². The summed E-state index contributed by atoms with van der Waals surface area (Å²) < 4.78 is -0.517. The van der Waals surface area contributed by atoms with E-state index in [0.717, 1.165) is 0 Å². The van der Waals surface area contributed by atoms with Crippen molar-refractivity contribution in [1.29, 1.82) is 0 Å². The lowest BCUT2D eigenvalue weighted by atomic mass is 10.0. The number of aliphatic imine (C=N–C) groups is 1. The van der Waals surface area contributed by atoms with Crippen LogP contribution in [0.15, 0.2) is 23.5 Å². The molecule has 1 unspecified atom stereocenters. The van der Waals surface area contributed by atoms with Crippen molar-refractivity contribution < 1.29 is 15.0 Å². The maximum Gasteiger partial charge on any atom is 0.329 e. The molecule has 0 amide bonds. The van der Waals surface area contributed by atoms with Gasteiger partial charge in [0.25, 0.3) is 0 Å². The van der Waals surface area contributed by atoms with Gasteiger partial charge in [-0.15, -0.1) is 12.4 Å². The molecule has 2 rings (SSSR count). The molecule has 6 nitrogen and oxygen atoms in total. The number of carboxylic acids is 1. The molecule has 2 heterocycles. The number of aliphatic carboxylic acids is 1. The molecule has 0 fully saturated rings. The van der Waals surface area contributed by atoms with E-state index in [1.54, 1.807) is 6.07 Å². The van der Waals surface area contributed by atoms with Gasteiger partial charge in [0.1, 0.15) is 0 Å². The predicted octanol–water partition coefficient (Wildman–Crippen LogP) is 1.96. The third kappa shape index (κ3) is 3.30. The molecule has 0 radical (unpaired) electrons. The second-order valence-corrected chi connectivity index (χ2v) is 6.04. The fourth-order valence-corrected chi connectivity index (χ4v) is 2.70. The number of aromatic hydroxyl groups is 1. The lowest BCUT2D eigenvalue weighted by molar-refractivity contribution is -0.138. The second kappa shape index (κ2) is 5.66. The van der Waals surface area contributed by atoms with Crippen LogP contribution in [0.1, 0.15) is 13.8 Å². The maximum atomic E-state index is 11.1. The maximum absolute atomic E-state index is 11.1. The molecule has 1 aromatic rings. The summed E-state index contributed by atoms with van der Waals surface area (Å²) in [5.74, 6) is -0.958. The van der Waals surface area contributed by atoms with E-state index in [9.17, 15) is 9.90 Å². The Kier molecular flexibility index (Phi) is 4.65. The Balaban J connectivity index is 0.00000180. The quantitative estimate of drug-likeness (QED) is 0.773. The summed E-state index contributed by atoms with van der Waals surface area (Å²) in [5, 5.41) is 22.0. The van der Waals surface area contributed by atoms with E-state index in [0.29, 0.717) is 10.9 Å². The molecule has 1 aliphatic rings. The SMILES string of the molecule is CC1(C)SC(Nc2ccncc2O)=NC1C(=O)O.Cl. The number of thioether (sulfide) groups is 1. The molecule has 104 valence electrons. The molecule has 1 aromatic heterocycles. The number of pyridine rings is 1. The minimum Gasteiger partial charge on any atom is -0.504 e. The Morgan fingerprint density at radius 3 is 2.74 bits per heavy atom. The monoisotopic (exact) mass is 303 g/mol. The first-order chi connectivity index (χ1) is 8.40. The lowest BCUT2D eigenvalue weighted by Crippen LogP contribution is -2.34. The summed E-state index contributed by atoms with van der Waals surface area (Å²) in [6.45, 7) is 3.64. The number of carboxylic acid groups (broad SMARTS) is 1. The molecule has 0 aromatic carbocycles. The van der Waals surface area contributed by atoms with Gasteiger partial charge in [-0.3, -0.25) is 4.98 Å². The zero-order valence-corrected chi connectivity index (χ0v) is 12.0. The number of halogens is 1. The van der Waals surface area contributed by atoms with E-state index in [2.05, 4.69) is 15.3 Å². The first kappa shape index (κ1) is 15.6. The van der Waals surface area contributed by atoms with E-state index < -0.39 is 16.8 Å². The fourth-order valence-electron chi connectivity index (χ4n) is 1.62. The van der Waals surface area contributed by atoms with Gasteiger partial charge in [0.2, 0.25) is 0 Å². The third-order valence-corrected chi connectivity index (χ3v) is 3.69. The second-order valence-electron chi connectivity index (χ2n) is 4.40. The fraction of sp³-hybridized carbons (Fsp3) is 0.364. The highest BCUT2D eigenvalue weighted by atomic mass is 35.5. The molecule has 0 saturated carbocycles. The van der Waals surface area contributed by atoms with Gasteiger partial charge in [-0.05, 0) is 19.9 Å². The Bertz CT molecular complexity index is 522. The minimum atomic E-state index is -0.955. The summed E-state index contributed by atoms with van der Waals surface area (Å²) >= 11 is 1.33. The van der Waals surface area contributed by atoms with Crippen molar-refractivity contribution >= 4 is 41.0 Å². The number of nitrogens with one attached hydrogen (secondary N) is 1. The highest BCUT2D eigenvalue weighted by molar-refractivity contribution is 8.15. The van der Waals surface area contributed by atoms with E-state index in [-0.39, 0.29) is 18.2 Å². The van der Waals surface area contributed by atoms with Crippen LogP contribution in [-0.4, -0.2) is 37.1 Å². The minimum absolute atomic E-state index is 0. The van der Waals surface area contributed by atoms with Gasteiger partial charge in [0.05, 0.1) is 16.6 Å². The summed E-state index contributed by atoms with van der Waals surface area (Å²) in [6, 6.07) is 0.799. The van der Waals surface area contributed by atoms with Crippen molar-refractivity contribution in [3.63, 3.8) is 0 Å². The van der Waals surface area contributed by atoms with E-state index in [4.69, 9.17) is 5.11 Å². The standard InChI is InChI=1S/C11H13N3O3S.ClH/c1-11(2)8(9(16)17)14-10(18-11)13-6-3-4-12-5-7(6)15;/h3-5,8,15H,1-2H3,(H,16,17)(H,12,13,14);1H. The Morgan fingerprint density at radius 1 is 1.53 bits per heavy atom. The number of carbonyl (C=O) groups is 1. The van der Waals surface area contributed by atoms with Gasteiger partial charge in [-0.1, -0.05) is 11.8 Å². The van der Waals surface area contributed by atoms with E-state index in [1.807, 2.05) is 13.8 Å². The number of hydrogen-bond donors (Lipinski definition) is 3. The van der Waals surface area contributed by atoms with Gasteiger partial charge in [-0.25, -0.2) is 9.79 Å². The Hall–Kier alpha value is -1.47. The van der Waals surface area contributed by atoms with Crippen LogP contribution in [0, 0.1) is 0 Å². The van der Waals surface area contributed by atoms with Gasteiger partial charge in [-0.2, -0.15) is 0 Å². The average molecular weight is 304 g/mol. The normalized spacial score (nSPS) is 20.3. The summed E-state index contributed by atoms with van der Waals surface area (Å²) in [6.07, 6.45) is 2.84. The van der Waals surface area contributed by atoms with Gasteiger partial charge < -0.3 is 15.5 Å². The van der Waals surface area contributed by atoms with Gasteiger partial charge >= 0.3 is 5.97 Å². The largest absolute Gasteiger partial charge is 0.504 e. The van der Waals surface area contributed by atoms with Crippen LogP contribution in [0.4, 0.5) is 5.69 Å². The molecule has 1 aliphatic heterocycles. The van der Waals surface area contributed by atoms with Crippen molar-refractivity contribution in [1.82, 2.24) is 4.98 Å². The first-order valence-electron chi connectivity index (χ1n) is 5.30. The molecule has 19 heavy (non-hydrogen) atoms. The molecule has 0 saturated heterocycles. The van der Waals surface area contributed by atoms with E-state index in [1.165, 1.54) is 24.2 Å². The number of amidine groups is 1. The average Bonchev–Trinajstić information content (AvgIpc) is 2.57. The van der Waals surface area contributed by atoms with Gasteiger partial charge in [0, 0.05) is 6.20 Å². The number of anilines is 1. The molecule has 3 N–H and O–H groups in total. The number of rotatable bonds is 2. The molecule has 0 bridgehead atoms. The Labute approximate surface area is 120 Å². The predicted molar refractivity (Wildman–Crippen MR) is 77.3 cm³/mol. The highest BCUT2D eigenvalue weighted by Crippen LogP contribution is 2.38. The highest BCUT2D eigenvalue weighted by Gasteiger charge is 2.42. The van der Waals surface area contributed by atoms with Crippen LogP contribution in [0.25, 0.3) is 0 Å². The molecule has 0 aliphatic carbocycles. The van der Waals surface area contributed by atoms with Crippen LogP contribution in [0.3, 0.4) is 0 Å². The van der Waals surface area contributed by atoms with Crippen molar-refractivity contribution in [3.8, 4) is 5.75 Å². The zero-order valence-electron chi connectivity index (χ0n) is 10.3. The van der Waals surface area contributed by atoms with Gasteiger partial charge in [0.15, 0.2) is 17.0 Å².